The highest BCUT2D eigenvalue weighted by Crippen LogP contribution is 2.19. The van der Waals surface area contributed by atoms with Gasteiger partial charge in [-0.1, -0.05) is 6.07 Å². The molecule has 2 aliphatic heterocycles. The molecule has 0 bridgehead atoms. The summed E-state index contributed by atoms with van der Waals surface area (Å²) in [5, 5.41) is 2.90. The Morgan fingerprint density at radius 2 is 1.41 bits per heavy atom. The van der Waals surface area contributed by atoms with Gasteiger partial charge in [0.25, 0.3) is 5.91 Å². The lowest BCUT2D eigenvalue weighted by Gasteiger charge is -2.35. The summed E-state index contributed by atoms with van der Waals surface area (Å²) < 4.78 is 0. The molecule has 0 unspecified atom stereocenters. The van der Waals surface area contributed by atoms with Crippen molar-refractivity contribution in [2.45, 2.75) is 0 Å². The number of hydrogen-bond donors (Lipinski definition) is 1. The van der Waals surface area contributed by atoms with Gasteiger partial charge in [-0.3, -0.25) is 4.79 Å². The molecule has 34 heavy (non-hydrogen) atoms. The van der Waals surface area contributed by atoms with Crippen LogP contribution in [0.1, 0.15) is 10.4 Å². The molecule has 2 saturated heterocycles. The smallest absolute Gasteiger partial charge is 0.255 e. The van der Waals surface area contributed by atoms with Crippen molar-refractivity contribution in [2.24, 2.45) is 0 Å². The van der Waals surface area contributed by atoms with E-state index in [0.717, 1.165) is 63.9 Å². The van der Waals surface area contributed by atoms with E-state index in [4.69, 9.17) is 0 Å². The van der Waals surface area contributed by atoms with E-state index in [-0.39, 0.29) is 5.91 Å². The highest BCUT2D eigenvalue weighted by molar-refractivity contribution is 6.04. The van der Waals surface area contributed by atoms with Crippen LogP contribution in [0.4, 0.5) is 23.1 Å². The fourth-order valence-electron chi connectivity index (χ4n) is 4.32. The molecule has 9 nitrogen and oxygen atoms in total. The number of pyridine rings is 1. The first-order valence-electron chi connectivity index (χ1n) is 11.7. The van der Waals surface area contributed by atoms with Gasteiger partial charge in [0.05, 0.1) is 18.1 Å². The number of benzene rings is 1. The third kappa shape index (κ3) is 5.09. The molecule has 2 fully saturated rings. The Morgan fingerprint density at radius 3 is 2.06 bits per heavy atom. The Balaban J connectivity index is 1.14. The molecule has 0 radical (unpaired) electrons. The average Bonchev–Trinajstić information content (AvgIpc) is 2.90. The van der Waals surface area contributed by atoms with Crippen LogP contribution in [0, 0.1) is 0 Å². The summed E-state index contributed by atoms with van der Waals surface area (Å²) >= 11 is 0. The predicted octanol–water partition coefficient (Wildman–Crippen LogP) is 2.20. The first-order chi connectivity index (χ1) is 16.7. The van der Waals surface area contributed by atoms with Gasteiger partial charge in [0.1, 0.15) is 5.82 Å². The van der Waals surface area contributed by atoms with Crippen molar-refractivity contribution in [1.29, 1.82) is 0 Å². The topological polar surface area (TPSA) is 80.7 Å². The summed E-state index contributed by atoms with van der Waals surface area (Å²) in [5.74, 6) is 1.51. The van der Waals surface area contributed by atoms with Crippen LogP contribution in [0.3, 0.4) is 0 Å². The minimum Gasteiger partial charge on any atom is -0.369 e. The van der Waals surface area contributed by atoms with Gasteiger partial charge in [-0.15, -0.1) is 0 Å². The number of rotatable bonds is 5. The number of piperazine rings is 2. The van der Waals surface area contributed by atoms with Gasteiger partial charge in [0.2, 0.25) is 5.95 Å². The molecule has 0 aliphatic carbocycles. The molecule has 1 N–H and O–H groups in total. The van der Waals surface area contributed by atoms with Crippen LogP contribution in [-0.2, 0) is 0 Å². The van der Waals surface area contributed by atoms with Crippen LogP contribution in [0.5, 0.6) is 0 Å². The van der Waals surface area contributed by atoms with Gasteiger partial charge in [-0.2, -0.15) is 0 Å². The predicted molar refractivity (Wildman–Crippen MR) is 135 cm³/mol. The number of carbonyl (C=O) groups excluding carboxylic acids is 1. The SMILES string of the molecule is CN1CCN(c2ccc(C(=O)Nc3cnc(N4CCN(c5ccccn5)CC4)nc3)cc2)CC1. The number of aromatic nitrogens is 3. The van der Waals surface area contributed by atoms with Crippen molar-refractivity contribution in [3.63, 3.8) is 0 Å². The molecule has 176 valence electrons. The summed E-state index contributed by atoms with van der Waals surface area (Å²) in [7, 11) is 2.14. The van der Waals surface area contributed by atoms with Crippen molar-refractivity contribution < 1.29 is 4.79 Å². The van der Waals surface area contributed by atoms with Crippen LogP contribution < -0.4 is 20.0 Å². The van der Waals surface area contributed by atoms with Crippen LogP contribution >= 0.6 is 0 Å². The molecule has 1 amide bonds. The quantitative estimate of drug-likeness (QED) is 0.623. The highest BCUT2D eigenvalue weighted by atomic mass is 16.1. The first kappa shape index (κ1) is 22.1. The number of carbonyl (C=O) groups is 1. The van der Waals surface area contributed by atoms with Crippen LogP contribution in [-0.4, -0.2) is 85.2 Å². The molecular weight excluding hydrogens is 428 g/mol. The molecule has 2 aliphatic rings. The monoisotopic (exact) mass is 458 g/mol. The van der Waals surface area contributed by atoms with Crippen LogP contribution in [0.2, 0.25) is 0 Å². The molecule has 0 saturated carbocycles. The zero-order valence-electron chi connectivity index (χ0n) is 19.5. The van der Waals surface area contributed by atoms with Gasteiger partial charge >= 0.3 is 0 Å². The van der Waals surface area contributed by atoms with E-state index in [1.54, 1.807) is 12.4 Å². The van der Waals surface area contributed by atoms with Gasteiger partial charge in [0, 0.05) is 69.8 Å². The molecule has 1 aromatic carbocycles. The average molecular weight is 459 g/mol. The van der Waals surface area contributed by atoms with Crippen LogP contribution in [0.25, 0.3) is 0 Å². The van der Waals surface area contributed by atoms with Gasteiger partial charge in [-0.25, -0.2) is 15.0 Å². The zero-order chi connectivity index (χ0) is 23.3. The van der Waals surface area contributed by atoms with Crippen LogP contribution in [0.15, 0.2) is 61.1 Å². The minimum atomic E-state index is -0.162. The van der Waals surface area contributed by atoms with Gasteiger partial charge < -0.3 is 24.9 Å². The molecule has 3 aromatic rings. The molecular formula is C25H30N8O. The van der Waals surface area contributed by atoms with E-state index < -0.39 is 0 Å². The number of nitrogens with zero attached hydrogens (tertiary/aromatic N) is 7. The van der Waals surface area contributed by atoms with Crippen molar-refractivity contribution in [1.82, 2.24) is 19.9 Å². The van der Waals surface area contributed by atoms with Gasteiger partial charge in [-0.05, 0) is 43.4 Å². The summed E-state index contributed by atoms with van der Waals surface area (Å²) in [6.45, 7) is 7.49. The van der Waals surface area contributed by atoms with E-state index >= 15 is 0 Å². The Kier molecular flexibility index (Phi) is 6.53. The normalized spacial score (nSPS) is 17.0. The summed E-state index contributed by atoms with van der Waals surface area (Å²) in [6, 6.07) is 13.8. The summed E-state index contributed by atoms with van der Waals surface area (Å²) in [6.07, 6.45) is 5.16. The summed E-state index contributed by atoms with van der Waals surface area (Å²) in [5.41, 5.74) is 2.36. The fraction of sp³-hybridized carbons (Fsp3) is 0.360. The Bertz CT molecular complexity index is 1070. The van der Waals surface area contributed by atoms with Crippen molar-refractivity contribution >= 4 is 29.0 Å². The number of nitrogens with one attached hydrogen (secondary N) is 1. The van der Waals surface area contributed by atoms with E-state index in [1.807, 2.05) is 48.7 Å². The Labute approximate surface area is 200 Å². The van der Waals surface area contributed by atoms with Gasteiger partial charge in [0.15, 0.2) is 0 Å². The number of amides is 1. The van der Waals surface area contributed by atoms with E-state index in [2.05, 4.69) is 46.9 Å². The number of hydrogen-bond acceptors (Lipinski definition) is 8. The van der Waals surface area contributed by atoms with Crippen molar-refractivity contribution in [3.8, 4) is 0 Å². The maximum absolute atomic E-state index is 12.7. The first-order valence-corrected chi connectivity index (χ1v) is 11.7. The lowest BCUT2D eigenvalue weighted by molar-refractivity contribution is 0.102. The molecule has 9 heteroatoms. The second-order valence-electron chi connectivity index (χ2n) is 8.73. The summed E-state index contributed by atoms with van der Waals surface area (Å²) in [4.78, 5) is 35.2. The second kappa shape index (κ2) is 10.0. The lowest BCUT2D eigenvalue weighted by Crippen LogP contribution is -2.47. The Morgan fingerprint density at radius 1 is 0.765 bits per heavy atom. The molecule has 0 spiro atoms. The highest BCUT2D eigenvalue weighted by Gasteiger charge is 2.20. The largest absolute Gasteiger partial charge is 0.369 e. The standard InChI is InChI=1S/C25H30N8O/c1-30-10-12-31(13-11-30)22-7-5-20(6-8-22)24(34)29-21-18-27-25(28-19-21)33-16-14-32(15-17-33)23-4-2-3-9-26-23/h2-9,18-19H,10-17H2,1H3,(H,29,34). The molecule has 5 rings (SSSR count). The van der Waals surface area contributed by atoms with E-state index in [9.17, 15) is 4.79 Å². The maximum Gasteiger partial charge on any atom is 0.255 e. The number of anilines is 4. The lowest BCUT2D eigenvalue weighted by atomic mass is 10.1. The van der Waals surface area contributed by atoms with Crippen molar-refractivity contribution in [2.75, 3.05) is 79.4 Å². The number of likely N-dealkylation sites (N-methyl/N-ethyl adjacent to an activating group) is 1. The third-order valence-electron chi connectivity index (χ3n) is 6.43. The van der Waals surface area contributed by atoms with Crippen molar-refractivity contribution in [3.05, 3.63) is 66.6 Å². The fourth-order valence-corrected chi connectivity index (χ4v) is 4.32. The molecule has 2 aromatic heterocycles. The third-order valence-corrected chi connectivity index (χ3v) is 6.43. The molecule has 0 atom stereocenters. The minimum absolute atomic E-state index is 0.162. The second-order valence-corrected chi connectivity index (χ2v) is 8.73. The molecule has 4 heterocycles. The maximum atomic E-state index is 12.7. The Hall–Kier alpha value is -3.72. The zero-order valence-corrected chi connectivity index (χ0v) is 19.5. The van der Waals surface area contributed by atoms with E-state index in [0.29, 0.717) is 17.2 Å². The van der Waals surface area contributed by atoms with E-state index in [1.165, 1.54) is 0 Å².